The van der Waals surface area contributed by atoms with Crippen LogP contribution in [-0.2, 0) is 9.59 Å². The monoisotopic (exact) mass is 412 g/mol. The van der Waals surface area contributed by atoms with Gasteiger partial charge in [-0.25, -0.2) is 9.59 Å². The van der Waals surface area contributed by atoms with Gasteiger partial charge in [0.05, 0.1) is 10.9 Å². The zero-order valence-corrected chi connectivity index (χ0v) is 16.5. The number of benzene rings is 2. The second-order valence-electron chi connectivity index (χ2n) is 6.81. The first kappa shape index (κ1) is 20.9. The summed E-state index contributed by atoms with van der Waals surface area (Å²) in [6, 6.07) is 9.53. The zero-order valence-electron chi connectivity index (χ0n) is 16.5. The number of carboxylic acids is 2. The molecular formula is C22H20O8. The van der Waals surface area contributed by atoms with Crippen LogP contribution in [0.5, 0.6) is 11.5 Å². The van der Waals surface area contributed by atoms with Gasteiger partial charge in [0.2, 0.25) is 5.43 Å². The highest BCUT2D eigenvalue weighted by atomic mass is 16.5. The van der Waals surface area contributed by atoms with Crippen molar-refractivity contribution in [3.63, 3.8) is 0 Å². The van der Waals surface area contributed by atoms with Crippen molar-refractivity contribution in [2.45, 2.75) is 33.0 Å². The largest absolute Gasteiger partial charge is 0.479 e. The SMILES string of the molecule is Cc1cc2c(=O)c(-c3ccc(O[C@H](C)C(=O)O)cc3)coc2cc1O[C@@H](C)C(=O)O. The molecule has 0 saturated heterocycles. The van der Waals surface area contributed by atoms with E-state index in [2.05, 4.69) is 0 Å². The first-order chi connectivity index (χ1) is 14.2. The lowest BCUT2D eigenvalue weighted by molar-refractivity contribution is -0.145. The van der Waals surface area contributed by atoms with Crippen molar-refractivity contribution >= 4 is 22.9 Å². The summed E-state index contributed by atoms with van der Waals surface area (Å²) in [5, 5.41) is 18.3. The Hall–Kier alpha value is -3.81. The number of fused-ring (bicyclic) bond motifs is 1. The van der Waals surface area contributed by atoms with Gasteiger partial charge in [-0.2, -0.15) is 0 Å². The molecule has 2 aromatic carbocycles. The van der Waals surface area contributed by atoms with Crippen LogP contribution in [0.1, 0.15) is 19.4 Å². The molecule has 0 aliphatic rings. The Morgan fingerprint density at radius 1 is 0.967 bits per heavy atom. The molecule has 0 aliphatic carbocycles. The quantitative estimate of drug-likeness (QED) is 0.605. The lowest BCUT2D eigenvalue weighted by Gasteiger charge is -2.13. The van der Waals surface area contributed by atoms with Crippen LogP contribution in [0.15, 0.2) is 51.9 Å². The van der Waals surface area contributed by atoms with Crippen LogP contribution in [0.4, 0.5) is 0 Å². The molecule has 0 amide bonds. The number of carbonyl (C=O) groups is 2. The molecular weight excluding hydrogens is 392 g/mol. The molecule has 0 fully saturated rings. The van der Waals surface area contributed by atoms with Gasteiger partial charge in [-0.15, -0.1) is 0 Å². The number of hydrogen-bond donors (Lipinski definition) is 2. The van der Waals surface area contributed by atoms with E-state index in [4.69, 9.17) is 24.1 Å². The van der Waals surface area contributed by atoms with Crippen LogP contribution in [-0.4, -0.2) is 34.4 Å². The summed E-state index contributed by atoms with van der Waals surface area (Å²) < 4.78 is 16.3. The Morgan fingerprint density at radius 3 is 2.17 bits per heavy atom. The highest BCUT2D eigenvalue weighted by Crippen LogP contribution is 2.28. The number of carboxylic acid groups (broad SMARTS) is 2. The summed E-state index contributed by atoms with van der Waals surface area (Å²) >= 11 is 0. The summed E-state index contributed by atoms with van der Waals surface area (Å²) in [6.07, 6.45) is -0.721. The number of hydrogen-bond acceptors (Lipinski definition) is 6. The highest BCUT2D eigenvalue weighted by molar-refractivity contribution is 5.84. The van der Waals surface area contributed by atoms with E-state index in [0.717, 1.165) is 0 Å². The van der Waals surface area contributed by atoms with E-state index >= 15 is 0 Å². The van der Waals surface area contributed by atoms with Gasteiger partial charge >= 0.3 is 11.9 Å². The molecule has 0 saturated carbocycles. The zero-order chi connectivity index (χ0) is 22.0. The van der Waals surface area contributed by atoms with E-state index in [9.17, 15) is 14.4 Å². The number of aliphatic carboxylic acids is 2. The molecule has 0 radical (unpaired) electrons. The third-order valence-electron chi connectivity index (χ3n) is 4.55. The smallest absolute Gasteiger partial charge is 0.344 e. The molecule has 0 bridgehead atoms. The van der Waals surface area contributed by atoms with E-state index in [-0.39, 0.29) is 11.0 Å². The maximum Gasteiger partial charge on any atom is 0.344 e. The van der Waals surface area contributed by atoms with Crippen molar-refractivity contribution in [3.05, 3.63) is 58.4 Å². The number of rotatable bonds is 7. The van der Waals surface area contributed by atoms with Crippen molar-refractivity contribution in [1.82, 2.24) is 0 Å². The van der Waals surface area contributed by atoms with Crippen molar-refractivity contribution < 1.29 is 33.7 Å². The normalized spacial score (nSPS) is 12.9. The van der Waals surface area contributed by atoms with E-state index in [1.54, 1.807) is 37.3 Å². The second kappa shape index (κ2) is 8.28. The molecule has 30 heavy (non-hydrogen) atoms. The molecule has 2 N–H and O–H groups in total. The molecule has 1 aromatic heterocycles. The number of aryl methyl sites for hydroxylation is 1. The van der Waals surface area contributed by atoms with Gasteiger partial charge in [-0.1, -0.05) is 12.1 Å². The van der Waals surface area contributed by atoms with Crippen LogP contribution in [0.3, 0.4) is 0 Å². The summed E-state index contributed by atoms with van der Waals surface area (Å²) in [4.78, 5) is 34.9. The number of ether oxygens (including phenoxy) is 2. The Bertz CT molecular complexity index is 1160. The lowest BCUT2D eigenvalue weighted by atomic mass is 10.0. The average Bonchev–Trinajstić information content (AvgIpc) is 2.70. The molecule has 1 heterocycles. The van der Waals surface area contributed by atoms with Crippen LogP contribution in [0.25, 0.3) is 22.1 Å². The summed E-state index contributed by atoms with van der Waals surface area (Å²) in [5.41, 5.74) is 1.53. The van der Waals surface area contributed by atoms with E-state index in [0.29, 0.717) is 33.6 Å². The van der Waals surface area contributed by atoms with Gasteiger partial charge in [-0.3, -0.25) is 4.79 Å². The van der Waals surface area contributed by atoms with Crippen LogP contribution in [0.2, 0.25) is 0 Å². The molecule has 8 heteroatoms. The van der Waals surface area contributed by atoms with E-state index in [1.807, 2.05) is 0 Å². The maximum absolute atomic E-state index is 13.0. The molecule has 0 spiro atoms. The minimum absolute atomic E-state index is 0.259. The van der Waals surface area contributed by atoms with Crippen molar-refractivity contribution in [2.24, 2.45) is 0 Å². The molecule has 8 nitrogen and oxygen atoms in total. The lowest BCUT2D eigenvalue weighted by Crippen LogP contribution is -2.23. The minimum atomic E-state index is -1.10. The van der Waals surface area contributed by atoms with Gasteiger partial charge in [0.1, 0.15) is 23.3 Å². The molecule has 3 rings (SSSR count). The second-order valence-corrected chi connectivity index (χ2v) is 6.81. The first-order valence-electron chi connectivity index (χ1n) is 9.13. The minimum Gasteiger partial charge on any atom is -0.479 e. The van der Waals surface area contributed by atoms with Crippen molar-refractivity contribution in [3.8, 4) is 22.6 Å². The van der Waals surface area contributed by atoms with Gasteiger partial charge in [0.25, 0.3) is 0 Å². The summed E-state index contributed by atoms with van der Waals surface area (Å²) in [7, 11) is 0. The predicted octanol–water partition coefficient (Wildman–Crippen LogP) is 3.47. The molecule has 156 valence electrons. The topological polar surface area (TPSA) is 123 Å². The van der Waals surface area contributed by atoms with Gasteiger partial charge < -0.3 is 24.1 Å². The summed E-state index contributed by atoms with van der Waals surface area (Å²) in [5.74, 6) is -1.49. The maximum atomic E-state index is 13.0. The third-order valence-corrected chi connectivity index (χ3v) is 4.55. The fourth-order valence-electron chi connectivity index (χ4n) is 2.80. The van der Waals surface area contributed by atoms with Gasteiger partial charge in [-0.05, 0) is 50.1 Å². The predicted molar refractivity (Wildman–Crippen MR) is 108 cm³/mol. The molecule has 2 atom stereocenters. The Morgan fingerprint density at radius 2 is 1.57 bits per heavy atom. The fourth-order valence-corrected chi connectivity index (χ4v) is 2.80. The van der Waals surface area contributed by atoms with Crippen LogP contribution < -0.4 is 14.9 Å². The average molecular weight is 412 g/mol. The van der Waals surface area contributed by atoms with Crippen LogP contribution >= 0.6 is 0 Å². The molecule has 3 aromatic rings. The third kappa shape index (κ3) is 4.27. The Balaban J connectivity index is 1.94. The molecule has 0 aliphatic heterocycles. The van der Waals surface area contributed by atoms with E-state index < -0.39 is 24.1 Å². The van der Waals surface area contributed by atoms with Crippen molar-refractivity contribution in [2.75, 3.05) is 0 Å². The van der Waals surface area contributed by atoms with Crippen molar-refractivity contribution in [1.29, 1.82) is 0 Å². The fraction of sp³-hybridized carbons (Fsp3) is 0.227. The highest BCUT2D eigenvalue weighted by Gasteiger charge is 2.17. The Kier molecular flexibility index (Phi) is 5.77. The summed E-state index contributed by atoms with van der Waals surface area (Å²) in [6.45, 7) is 4.55. The first-order valence-corrected chi connectivity index (χ1v) is 9.13. The van der Waals surface area contributed by atoms with Gasteiger partial charge in [0, 0.05) is 6.07 Å². The Labute approximate surface area is 171 Å². The standard InChI is InChI=1S/C22H20O8/c1-11-8-16-19(9-18(11)30-13(3)22(26)27)28-10-17(20(16)23)14-4-6-15(7-5-14)29-12(2)21(24)25/h4-10,12-13H,1-3H3,(H,24,25)(H,26,27)/t12-,13+/m1/s1. The van der Waals surface area contributed by atoms with E-state index in [1.165, 1.54) is 26.2 Å². The van der Waals surface area contributed by atoms with Crippen LogP contribution in [0, 0.1) is 6.92 Å². The molecule has 0 unspecified atom stereocenters. The van der Waals surface area contributed by atoms with Gasteiger partial charge in [0.15, 0.2) is 12.2 Å².